The van der Waals surface area contributed by atoms with Crippen LogP contribution < -0.4 is 5.32 Å². The molecular weight excluding hydrogens is 179 g/mol. The number of nitrogens with zero attached hydrogens (tertiary/aromatic N) is 1. The Balaban J connectivity index is 2.51. The highest BCUT2D eigenvalue weighted by atomic mass is 19.1. The van der Waals surface area contributed by atoms with E-state index in [0.717, 1.165) is 18.5 Å². The van der Waals surface area contributed by atoms with Crippen LogP contribution in [0.2, 0.25) is 0 Å². The molecule has 1 rings (SSSR count). The van der Waals surface area contributed by atoms with E-state index in [4.69, 9.17) is 0 Å². The molecule has 14 heavy (non-hydrogen) atoms. The first kappa shape index (κ1) is 10.9. The Morgan fingerprint density at radius 3 is 3.07 bits per heavy atom. The highest BCUT2D eigenvalue weighted by Crippen LogP contribution is 2.11. The first-order valence-corrected chi connectivity index (χ1v) is 4.68. The molecule has 0 spiro atoms. The van der Waals surface area contributed by atoms with E-state index < -0.39 is 0 Å². The molecule has 0 saturated heterocycles. The lowest BCUT2D eigenvalue weighted by molar-refractivity contribution is 0.566. The van der Waals surface area contributed by atoms with Gasteiger partial charge in [0.2, 0.25) is 0 Å². The molecule has 0 aromatic carbocycles. The molecule has 1 unspecified atom stereocenters. The molecule has 0 fully saturated rings. The van der Waals surface area contributed by atoms with E-state index in [1.807, 2.05) is 13.0 Å². The first-order chi connectivity index (χ1) is 6.74. The Morgan fingerprint density at radius 1 is 1.64 bits per heavy atom. The number of nitrogens with one attached hydrogen (secondary N) is 1. The minimum absolute atomic E-state index is 0.123. The quantitative estimate of drug-likeness (QED) is 0.575. The molecule has 76 valence electrons. The van der Waals surface area contributed by atoms with Crippen molar-refractivity contribution >= 4 is 0 Å². The summed E-state index contributed by atoms with van der Waals surface area (Å²) in [6.07, 6.45) is 5.64. The number of hydrogen-bond donors (Lipinski definition) is 1. The van der Waals surface area contributed by atoms with Gasteiger partial charge in [0, 0.05) is 12.2 Å². The van der Waals surface area contributed by atoms with Crippen molar-refractivity contribution in [1.29, 1.82) is 0 Å². The number of hydrogen-bond acceptors (Lipinski definition) is 2. The fourth-order valence-corrected chi connectivity index (χ4v) is 1.18. The SMILES string of the molecule is C=CCCNC(C)c1cncc(F)c1. The van der Waals surface area contributed by atoms with Crippen LogP contribution in [0, 0.1) is 5.82 Å². The minimum Gasteiger partial charge on any atom is -0.310 e. The van der Waals surface area contributed by atoms with Gasteiger partial charge in [0.05, 0.1) is 6.20 Å². The molecule has 0 aliphatic heterocycles. The summed E-state index contributed by atoms with van der Waals surface area (Å²) in [6, 6.07) is 1.62. The van der Waals surface area contributed by atoms with E-state index >= 15 is 0 Å². The van der Waals surface area contributed by atoms with Crippen molar-refractivity contribution < 1.29 is 4.39 Å². The maximum atomic E-state index is 12.8. The van der Waals surface area contributed by atoms with E-state index in [2.05, 4.69) is 16.9 Å². The van der Waals surface area contributed by atoms with Crippen LogP contribution in [-0.2, 0) is 0 Å². The number of rotatable bonds is 5. The molecule has 0 amide bonds. The summed E-state index contributed by atoms with van der Waals surface area (Å²) in [4.78, 5) is 3.80. The summed E-state index contributed by atoms with van der Waals surface area (Å²) in [5.41, 5.74) is 0.870. The van der Waals surface area contributed by atoms with Gasteiger partial charge in [-0.05, 0) is 31.5 Å². The van der Waals surface area contributed by atoms with Gasteiger partial charge in [0.15, 0.2) is 0 Å². The third kappa shape index (κ3) is 3.26. The normalized spacial score (nSPS) is 12.4. The average molecular weight is 194 g/mol. The second-order valence-corrected chi connectivity index (χ2v) is 3.19. The van der Waals surface area contributed by atoms with E-state index in [1.165, 1.54) is 12.3 Å². The van der Waals surface area contributed by atoms with Crippen molar-refractivity contribution in [3.05, 3.63) is 42.5 Å². The second-order valence-electron chi connectivity index (χ2n) is 3.19. The van der Waals surface area contributed by atoms with Crippen molar-refractivity contribution in [2.45, 2.75) is 19.4 Å². The molecule has 1 aromatic rings. The standard InChI is InChI=1S/C11H15FN2/c1-3-4-5-14-9(2)10-6-11(12)8-13-7-10/h3,6-9,14H,1,4-5H2,2H3. The summed E-state index contributed by atoms with van der Waals surface area (Å²) < 4.78 is 12.8. The third-order valence-corrected chi connectivity index (χ3v) is 2.03. The fraction of sp³-hybridized carbons (Fsp3) is 0.364. The molecule has 3 heteroatoms. The molecule has 0 saturated carbocycles. The zero-order valence-electron chi connectivity index (χ0n) is 8.33. The molecule has 0 radical (unpaired) electrons. The Bertz CT molecular complexity index is 299. The summed E-state index contributed by atoms with van der Waals surface area (Å²) >= 11 is 0. The van der Waals surface area contributed by atoms with Crippen LogP contribution in [0.15, 0.2) is 31.1 Å². The van der Waals surface area contributed by atoms with Crippen molar-refractivity contribution in [3.8, 4) is 0 Å². The average Bonchev–Trinajstić information content (AvgIpc) is 2.18. The van der Waals surface area contributed by atoms with Gasteiger partial charge in [0.1, 0.15) is 5.82 Å². The predicted molar refractivity (Wildman–Crippen MR) is 55.4 cm³/mol. The minimum atomic E-state index is -0.292. The molecular formula is C11H15FN2. The Kier molecular flexibility index (Phi) is 4.26. The van der Waals surface area contributed by atoms with Crippen LogP contribution in [0.3, 0.4) is 0 Å². The van der Waals surface area contributed by atoms with Gasteiger partial charge in [-0.1, -0.05) is 6.08 Å². The summed E-state index contributed by atoms with van der Waals surface area (Å²) in [7, 11) is 0. The van der Waals surface area contributed by atoms with Crippen molar-refractivity contribution in [3.63, 3.8) is 0 Å². The summed E-state index contributed by atoms with van der Waals surface area (Å²) in [5.74, 6) is -0.292. The largest absolute Gasteiger partial charge is 0.310 e. The summed E-state index contributed by atoms with van der Waals surface area (Å²) in [5, 5.41) is 3.25. The number of halogens is 1. The lowest BCUT2D eigenvalue weighted by Gasteiger charge is -2.12. The van der Waals surface area contributed by atoms with Crippen LogP contribution >= 0.6 is 0 Å². The molecule has 1 N–H and O–H groups in total. The van der Waals surface area contributed by atoms with Gasteiger partial charge < -0.3 is 5.32 Å². The molecule has 1 aromatic heterocycles. The molecule has 0 aliphatic rings. The smallest absolute Gasteiger partial charge is 0.141 e. The van der Waals surface area contributed by atoms with Gasteiger partial charge in [-0.15, -0.1) is 6.58 Å². The maximum Gasteiger partial charge on any atom is 0.141 e. The molecule has 1 atom stereocenters. The van der Waals surface area contributed by atoms with Gasteiger partial charge in [-0.2, -0.15) is 0 Å². The third-order valence-electron chi connectivity index (χ3n) is 2.03. The maximum absolute atomic E-state index is 12.8. The van der Waals surface area contributed by atoms with E-state index in [0.29, 0.717) is 0 Å². The van der Waals surface area contributed by atoms with Gasteiger partial charge in [-0.3, -0.25) is 4.98 Å². The number of pyridine rings is 1. The van der Waals surface area contributed by atoms with Crippen LogP contribution in [0.1, 0.15) is 24.9 Å². The van der Waals surface area contributed by atoms with Gasteiger partial charge in [-0.25, -0.2) is 4.39 Å². The predicted octanol–water partition coefficient (Wildman–Crippen LogP) is 2.45. The van der Waals surface area contributed by atoms with Crippen molar-refractivity contribution in [2.75, 3.05) is 6.54 Å². The van der Waals surface area contributed by atoms with E-state index in [9.17, 15) is 4.39 Å². The second kappa shape index (κ2) is 5.50. The zero-order valence-corrected chi connectivity index (χ0v) is 8.33. The molecule has 1 heterocycles. The van der Waals surface area contributed by atoms with Crippen LogP contribution in [0.4, 0.5) is 4.39 Å². The monoisotopic (exact) mass is 194 g/mol. The van der Waals surface area contributed by atoms with Crippen molar-refractivity contribution in [2.24, 2.45) is 0 Å². The highest BCUT2D eigenvalue weighted by molar-refractivity contribution is 5.14. The zero-order chi connectivity index (χ0) is 10.4. The first-order valence-electron chi connectivity index (χ1n) is 4.68. The van der Waals surface area contributed by atoms with Crippen LogP contribution in [0.25, 0.3) is 0 Å². The Labute approximate surface area is 83.9 Å². The van der Waals surface area contributed by atoms with Crippen molar-refractivity contribution in [1.82, 2.24) is 10.3 Å². The van der Waals surface area contributed by atoms with Gasteiger partial charge >= 0.3 is 0 Å². The molecule has 0 bridgehead atoms. The van der Waals surface area contributed by atoms with Gasteiger partial charge in [0.25, 0.3) is 0 Å². The lowest BCUT2D eigenvalue weighted by atomic mass is 10.1. The lowest BCUT2D eigenvalue weighted by Crippen LogP contribution is -2.19. The van der Waals surface area contributed by atoms with E-state index in [1.54, 1.807) is 6.20 Å². The van der Waals surface area contributed by atoms with Crippen LogP contribution in [0.5, 0.6) is 0 Å². The van der Waals surface area contributed by atoms with E-state index in [-0.39, 0.29) is 11.9 Å². The molecule has 2 nitrogen and oxygen atoms in total. The Morgan fingerprint density at radius 2 is 2.43 bits per heavy atom. The number of aromatic nitrogens is 1. The topological polar surface area (TPSA) is 24.9 Å². The Hall–Kier alpha value is -1.22. The molecule has 0 aliphatic carbocycles. The van der Waals surface area contributed by atoms with Crippen LogP contribution in [-0.4, -0.2) is 11.5 Å². The summed E-state index contributed by atoms with van der Waals surface area (Å²) in [6.45, 7) is 6.47. The highest BCUT2D eigenvalue weighted by Gasteiger charge is 2.04. The fourth-order valence-electron chi connectivity index (χ4n) is 1.18.